The zero-order valence-corrected chi connectivity index (χ0v) is 19.7. The normalized spacial score (nSPS) is 14.4. The topological polar surface area (TPSA) is 112 Å². The number of aryl methyl sites for hydroxylation is 1. The zero-order valence-electron chi connectivity index (χ0n) is 18.1. The number of ether oxygens (including phenoxy) is 1. The van der Waals surface area contributed by atoms with Crippen LogP contribution in [-0.4, -0.2) is 61.9 Å². The molecule has 33 heavy (non-hydrogen) atoms. The fraction of sp³-hybridized carbons (Fsp3) is 0.318. The Bertz CT molecular complexity index is 1290. The number of benzene rings is 1. The highest BCUT2D eigenvalue weighted by Crippen LogP contribution is 2.39. The fourth-order valence-electron chi connectivity index (χ4n) is 3.89. The third-order valence-electron chi connectivity index (χ3n) is 5.54. The van der Waals surface area contributed by atoms with Crippen LogP contribution in [0.1, 0.15) is 12.8 Å². The van der Waals surface area contributed by atoms with Gasteiger partial charge in [0.2, 0.25) is 0 Å². The molecule has 0 bridgehead atoms. The number of anilines is 1. The monoisotopic (exact) mass is 481 g/mol. The van der Waals surface area contributed by atoms with Gasteiger partial charge in [0.25, 0.3) is 0 Å². The Balaban J connectivity index is 1.48. The van der Waals surface area contributed by atoms with Gasteiger partial charge in [-0.3, -0.25) is 9.69 Å². The van der Waals surface area contributed by atoms with E-state index in [2.05, 4.69) is 24.4 Å². The highest BCUT2D eigenvalue weighted by Gasteiger charge is 2.21. The molecule has 4 aromatic rings. The van der Waals surface area contributed by atoms with Crippen LogP contribution in [0.5, 0.6) is 5.75 Å². The summed E-state index contributed by atoms with van der Waals surface area (Å²) in [5.74, 6) is 1.43. The number of nitrogens with zero attached hydrogens (tertiary/aromatic N) is 6. The standard InChI is InChI=1S/C22H23N7O2S2/c1-31-15-3-4-16(21-24-6-10-32-21)17(11-15)33-22-27-18-19(23)25-13-26-20(18)29(22)8-2-7-28-9-5-14(30)12-28/h3-4,6,10-11,13H,2,5,7-9,12H2,1H3,(H2,23,25,26). The van der Waals surface area contributed by atoms with E-state index >= 15 is 0 Å². The number of likely N-dealkylation sites (tertiary alicyclic amines) is 1. The van der Waals surface area contributed by atoms with Gasteiger partial charge in [-0.25, -0.2) is 19.9 Å². The number of hydrogen-bond acceptors (Lipinski definition) is 10. The molecule has 1 saturated heterocycles. The lowest BCUT2D eigenvalue weighted by molar-refractivity contribution is -0.116. The first-order valence-corrected chi connectivity index (χ1v) is 12.3. The summed E-state index contributed by atoms with van der Waals surface area (Å²) in [6.45, 7) is 2.93. The molecule has 0 amide bonds. The minimum atomic E-state index is 0.313. The molecule has 1 fully saturated rings. The van der Waals surface area contributed by atoms with Crippen molar-refractivity contribution < 1.29 is 9.53 Å². The summed E-state index contributed by atoms with van der Waals surface area (Å²) in [4.78, 5) is 32.6. The van der Waals surface area contributed by atoms with Gasteiger partial charge < -0.3 is 15.0 Å². The number of nitrogen functional groups attached to an aromatic ring is 1. The quantitative estimate of drug-likeness (QED) is 0.405. The maximum absolute atomic E-state index is 11.6. The van der Waals surface area contributed by atoms with Gasteiger partial charge >= 0.3 is 0 Å². The molecule has 11 heteroatoms. The molecule has 1 aromatic carbocycles. The highest BCUT2D eigenvalue weighted by atomic mass is 32.2. The number of imidazole rings is 1. The van der Waals surface area contributed by atoms with Crippen molar-refractivity contribution in [3.05, 3.63) is 36.1 Å². The number of rotatable bonds is 8. The summed E-state index contributed by atoms with van der Waals surface area (Å²) in [6, 6.07) is 5.95. The zero-order chi connectivity index (χ0) is 22.8. The average molecular weight is 482 g/mol. The smallest absolute Gasteiger partial charge is 0.175 e. The molecule has 0 unspecified atom stereocenters. The Kier molecular flexibility index (Phi) is 6.25. The molecule has 1 aliphatic heterocycles. The van der Waals surface area contributed by atoms with E-state index < -0.39 is 0 Å². The number of carbonyl (C=O) groups excluding carboxylic acids is 1. The van der Waals surface area contributed by atoms with Crippen LogP contribution in [0.25, 0.3) is 21.7 Å². The molecular formula is C22H23N7O2S2. The molecular weight excluding hydrogens is 458 g/mol. The second kappa shape index (κ2) is 9.46. The van der Waals surface area contributed by atoms with Crippen molar-refractivity contribution in [1.82, 2.24) is 29.4 Å². The van der Waals surface area contributed by atoms with Crippen LogP contribution in [0.3, 0.4) is 0 Å². The van der Waals surface area contributed by atoms with Crippen molar-refractivity contribution >= 4 is 45.9 Å². The second-order valence-electron chi connectivity index (χ2n) is 7.70. The third kappa shape index (κ3) is 4.56. The van der Waals surface area contributed by atoms with Crippen molar-refractivity contribution in [3.63, 3.8) is 0 Å². The van der Waals surface area contributed by atoms with Gasteiger partial charge in [-0.15, -0.1) is 11.3 Å². The highest BCUT2D eigenvalue weighted by molar-refractivity contribution is 7.99. The summed E-state index contributed by atoms with van der Waals surface area (Å²) in [6.07, 6.45) is 4.78. The summed E-state index contributed by atoms with van der Waals surface area (Å²) < 4.78 is 7.56. The molecule has 170 valence electrons. The number of ketones is 1. The lowest BCUT2D eigenvalue weighted by Crippen LogP contribution is -2.23. The molecule has 0 aliphatic carbocycles. The minimum absolute atomic E-state index is 0.313. The van der Waals surface area contributed by atoms with Crippen molar-refractivity contribution in [2.45, 2.75) is 29.4 Å². The van der Waals surface area contributed by atoms with Crippen molar-refractivity contribution in [2.75, 3.05) is 32.5 Å². The van der Waals surface area contributed by atoms with Gasteiger partial charge in [0.05, 0.1) is 13.7 Å². The summed E-state index contributed by atoms with van der Waals surface area (Å²) in [5.41, 5.74) is 8.44. The summed E-state index contributed by atoms with van der Waals surface area (Å²) in [7, 11) is 1.65. The predicted octanol–water partition coefficient (Wildman–Crippen LogP) is 3.36. The first-order valence-electron chi connectivity index (χ1n) is 10.6. The van der Waals surface area contributed by atoms with Crippen LogP contribution in [0.15, 0.2) is 46.2 Å². The van der Waals surface area contributed by atoms with E-state index in [1.807, 2.05) is 23.6 Å². The van der Waals surface area contributed by atoms with Gasteiger partial charge in [0, 0.05) is 48.1 Å². The van der Waals surface area contributed by atoms with Crippen LogP contribution in [0.2, 0.25) is 0 Å². The minimum Gasteiger partial charge on any atom is -0.497 e. The number of hydrogen-bond donors (Lipinski definition) is 1. The lowest BCUT2D eigenvalue weighted by Gasteiger charge is -2.15. The molecule has 0 atom stereocenters. The molecule has 9 nitrogen and oxygen atoms in total. The van der Waals surface area contributed by atoms with Crippen LogP contribution >= 0.6 is 23.1 Å². The summed E-state index contributed by atoms with van der Waals surface area (Å²) >= 11 is 3.12. The molecule has 4 heterocycles. The molecule has 1 aliphatic rings. The second-order valence-corrected chi connectivity index (χ2v) is 9.60. The fourth-order valence-corrected chi connectivity index (χ4v) is 5.71. The molecule has 0 spiro atoms. The predicted molar refractivity (Wildman–Crippen MR) is 129 cm³/mol. The molecule has 3 aromatic heterocycles. The molecule has 2 N–H and O–H groups in total. The number of aromatic nitrogens is 5. The van der Waals surface area contributed by atoms with Crippen LogP contribution in [0, 0.1) is 0 Å². The van der Waals surface area contributed by atoms with Crippen LogP contribution in [0.4, 0.5) is 5.82 Å². The van der Waals surface area contributed by atoms with Crippen molar-refractivity contribution in [2.24, 2.45) is 0 Å². The van der Waals surface area contributed by atoms with Gasteiger partial charge in [-0.05, 0) is 24.6 Å². The van der Waals surface area contributed by atoms with Gasteiger partial charge in [0.1, 0.15) is 22.9 Å². The van der Waals surface area contributed by atoms with E-state index in [1.165, 1.54) is 18.1 Å². The van der Waals surface area contributed by atoms with E-state index in [9.17, 15) is 4.79 Å². The Morgan fingerprint density at radius 3 is 2.91 bits per heavy atom. The van der Waals surface area contributed by atoms with E-state index in [4.69, 9.17) is 15.5 Å². The van der Waals surface area contributed by atoms with Gasteiger partial charge in [-0.1, -0.05) is 11.8 Å². The maximum atomic E-state index is 11.6. The first-order chi connectivity index (χ1) is 16.1. The first kappa shape index (κ1) is 21.8. The van der Waals surface area contributed by atoms with Crippen molar-refractivity contribution in [3.8, 4) is 16.3 Å². The van der Waals surface area contributed by atoms with Crippen molar-refractivity contribution in [1.29, 1.82) is 0 Å². The number of fused-ring (bicyclic) bond motifs is 1. The number of methoxy groups -OCH3 is 1. The van der Waals surface area contributed by atoms with Gasteiger partial charge in [-0.2, -0.15) is 0 Å². The molecule has 5 rings (SSSR count). The molecule has 0 radical (unpaired) electrons. The number of nitrogens with two attached hydrogens (primary N) is 1. The maximum Gasteiger partial charge on any atom is 0.175 e. The summed E-state index contributed by atoms with van der Waals surface area (Å²) in [5, 5.41) is 3.67. The Labute approximate surface area is 199 Å². The SMILES string of the molecule is COc1ccc(-c2nccs2)c(Sc2nc3c(N)ncnc3n2CCCN2CCC(=O)C2)c1. The van der Waals surface area contributed by atoms with Gasteiger partial charge in [0.15, 0.2) is 22.1 Å². The van der Waals surface area contributed by atoms with Crippen LogP contribution in [-0.2, 0) is 11.3 Å². The van der Waals surface area contributed by atoms with E-state index in [-0.39, 0.29) is 0 Å². The van der Waals surface area contributed by atoms with E-state index in [1.54, 1.807) is 24.6 Å². The van der Waals surface area contributed by atoms with E-state index in [0.717, 1.165) is 45.9 Å². The Morgan fingerprint density at radius 1 is 1.24 bits per heavy atom. The molecule has 0 saturated carbocycles. The largest absolute Gasteiger partial charge is 0.497 e. The average Bonchev–Trinajstić information content (AvgIpc) is 3.56. The number of thiazole rings is 1. The third-order valence-corrected chi connectivity index (χ3v) is 7.40. The number of Topliss-reactive ketones (excluding diaryl/α,β-unsaturated/α-hetero) is 1. The Hall–Kier alpha value is -3.02. The van der Waals surface area contributed by atoms with Crippen LogP contribution < -0.4 is 10.5 Å². The van der Waals surface area contributed by atoms with E-state index in [0.29, 0.717) is 42.3 Å². The number of carbonyl (C=O) groups is 1. The lowest BCUT2D eigenvalue weighted by atomic mass is 10.2. The Morgan fingerprint density at radius 2 is 2.15 bits per heavy atom.